The number of para-hydroxylation sites is 1. The van der Waals surface area contributed by atoms with E-state index >= 15 is 0 Å². The smallest absolute Gasteiger partial charge is 0.265 e. The minimum Gasteiger partial charge on any atom is -0.481 e. The lowest BCUT2D eigenvalue weighted by Gasteiger charge is -2.18. The second kappa shape index (κ2) is 9.21. The van der Waals surface area contributed by atoms with Crippen molar-refractivity contribution in [2.75, 3.05) is 5.32 Å². The monoisotopic (exact) mass is 368 g/mol. The largest absolute Gasteiger partial charge is 0.481 e. The molecule has 27 heavy (non-hydrogen) atoms. The second-order valence-corrected chi connectivity index (χ2v) is 6.85. The third-order valence-electron chi connectivity index (χ3n) is 4.44. The maximum atomic E-state index is 12.6. The van der Waals surface area contributed by atoms with Crippen molar-refractivity contribution >= 4 is 17.5 Å². The lowest BCUT2D eigenvalue weighted by Crippen LogP contribution is -2.34. The second-order valence-electron chi connectivity index (χ2n) is 6.85. The average molecular weight is 368 g/mol. The number of rotatable bonds is 7. The standard InChI is InChI=1S/C22H28N2O3/c1-6-16(4)23-22(26)18-9-7-8-10-19(18)24-21(25)17(5)27-20-13-14(2)11-12-15(20)3/h7-13,16-17H,6H2,1-5H3,(H,23,26)(H,24,25). The van der Waals surface area contributed by atoms with Crippen molar-refractivity contribution in [3.05, 3.63) is 59.2 Å². The Morgan fingerprint density at radius 3 is 2.48 bits per heavy atom. The Balaban J connectivity index is 2.11. The summed E-state index contributed by atoms with van der Waals surface area (Å²) >= 11 is 0. The zero-order valence-corrected chi connectivity index (χ0v) is 16.6. The summed E-state index contributed by atoms with van der Waals surface area (Å²) in [6, 6.07) is 12.9. The van der Waals surface area contributed by atoms with Crippen LogP contribution in [-0.2, 0) is 4.79 Å². The summed E-state index contributed by atoms with van der Waals surface area (Å²) in [5, 5.41) is 5.73. The van der Waals surface area contributed by atoms with Gasteiger partial charge in [-0.1, -0.05) is 31.2 Å². The van der Waals surface area contributed by atoms with Crippen LogP contribution in [0.1, 0.15) is 48.7 Å². The van der Waals surface area contributed by atoms with Crippen molar-refractivity contribution in [2.45, 2.75) is 53.2 Å². The molecule has 5 heteroatoms. The van der Waals surface area contributed by atoms with Gasteiger partial charge in [-0.25, -0.2) is 0 Å². The summed E-state index contributed by atoms with van der Waals surface area (Å²) in [6.45, 7) is 9.56. The summed E-state index contributed by atoms with van der Waals surface area (Å²) in [7, 11) is 0. The van der Waals surface area contributed by atoms with E-state index in [-0.39, 0.29) is 17.9 Å². The number of benzene rings is 2. The number of hydrogen-bond donors (Lipinski definition) is 2. The number of anilines is 1. The summed E-state index contributed by atoms with van der Waals surface area (Å²) in [4.78, 5) is 25.1. The van der Waals surface area contributed by atoms with Crippen LogP contribution in [0.25, 0.3) is 0 Å². The molecule has 0 radical (unpaired) electrons. The number of carbonyl (C=O) groups excluding carboxylic acids is 2. The third-order valence-corrected chi connectivity index (χ3v) is 4.44. The highest BCUT2D eigenvalue weighted by atomic mass is 16.5. The van der Waals surface area contributed by atoms with Crippen molar-refractivity contribution in [3.8, 4) is 5.75 Å². The molecule has 2 rings (SSSR count). The molecule has 2 amide bonds. The predicted molar refractivity (Wildman–Crippen MR) is 108 cm³/mol. The highest BCUT2D eigenvalue weighted by molar-refractivity contribution is 6.04. The maximum Gasteiger partial charge on any atom is 0.265 e. The zero-order chi connectivity index (χ0) is 20.0. The Kier molecular flexibility index (Phi) is 6.99. The quantitative estimate of drug-likeness (QED) is 0.768. The van der Waals surface area contributed by atoms with Crippen LogP contribution in [0.4, 0.5) is 5.69 Å². The molecule has 0 aliphatic heterocycles. The first-order valence-corrected chi connectivity index (χ1v) is 9.26. The van der Waals surface area contributed by atoms with E-state index in [2.05, 4.69) is 10.6 Å². The molecule has 5 nitrogen and oxygen atoms in total. The van der Waals surface area contributed by atoms with Crippen LogP contribution in [0.3, 0.4) is 0 Å². The van der Waals surface area contributed by atoms with E-state index in [1.54, 1.807) is 31.2 Å². The van der Waals surface area contributed by atoms with Gasteiger partial charge in [0.05, 0.1) is 11.3 Å². The summed E-state index contributed by atoms with van der Waals surface area (Å²) in [5.74, 6) is 0.170. The average Bonchev–Trinajstić information content (AvgIpc) is 2.64. The minimum atomic E-state index is -0.698. The maximum absolute atomic E-state index is 12.6. The lowest BCUT2D eigenvalue weighted by atomic mass is 10.1. The van der Waals surface area contributed by atoms with E-state index in [4.69, 9.17) is 4.74 Å². The van der Waals surface area contributed by atoms with Crippen molar-refractivity contribution < 1.29 is 14.3 Å². The van der Waals surface area contributed by atoms with Crippen LogP contribution in [0, 0.1) is 13.8 Å². The van der Waals surface area contributed by atoms with Crippen LogP contribution < -0.4 is 15.4 Å². The number of carbonyl (C=O) groups is 2. The first-order chi connectivity index (χ1) is 12.8. The number of amides is 2. The minimum absolute atomic E-state index is 0.0628. The van der Waals surface area contributed by atoms with Crippen LogP contribution in [0.15, 0.2) is 42.5 Å². The van der Waals surface area contributed by atoms with Crippen LogP contribution in [0.2, 0.25) is 0 Å². The van der Waals surface area contributed by atoms with Gasteiger partial charge in [0.2, 0.25) is 0 Å². The fourth-order valence-electron chi connectivity index (χ4n) is 2.51. The number of aryl methyl sites for hydroxylation is 2. The first kappa shape index (κ1) is 20.5. The Hall–Kier alpha value is -2.82. The van der Waals surface area contributed by atoms with E-state index in [0.717, 1.165) is 17.5 Å². The van der Waals surface area contributed by atoms with Gasteiger partial charge in [0.15, 0.2) is 6.10 Å². The molecule has 2 aromatic rings. The summed E-state index contributed by atoms with van der Waals surface area (Å²) in [5.41, 5.74) is 2.94. The molecule has 2 N–H and O–H groups in total. The molecule has 0 aliphatic rings. The van der Waals surface area contributed by atoms with Gasteiger partial charge in [-0.2, -0.15) is 0 Å². The van der Waals surface area contributed by atoms with Gasteiger partial charge in [-0.05, 0) is 63.4 Å². The molecule has 0 fully saturated rings. The molecule has 2 aromatic carbocycles. The van der Waals surface area contributed by atoms with E-state index < -0.39 is 6.10 Å². The van der Waals surface area contributed by atoms with Crippen molar-refractivity contribution in [1.29, 1.82) is 0 Å². The summed E-state index contributed by atoms with van der Waals surface area (Å²) < 4.78 is 5.83. The van der Waals surface area contributed by atoms with Gasteiger partial charge < -0.3 is 15.4 Å². The van der Waals surface area contributed by atoms with Crippen LogP contribution in [0.5, 0.6) is 5.75 Å². The van der Waals surface area contributed by atoms with Crippen LogP contribution >= 0.6 is 0 Å². The fourth-order valence-corrected chi connectivity index (χ4v) is 2.51. The SMILES string of the molecule is CCC(C)NC(=O)c1ccccc1NC(=O)C(C)Oc1cc(C)ccc1C. The molecule has 0 heterocycles. The molecular formula is C22H28N2O3. The van der Waals surface area contributed by atoms with E-state index in [1.165, 1.54) is 0 Å². The number of hydrogen-bond acceptors (Lipinski definition) is 3. The highest BCUT2D eigenvalue weighted by Crippen LogP contribution is 2.21. The topological polar surface area (TPSA) is 67.4 Å². The fraction of sp³-hybridized carbons (Fsp3) is 0.364. The highest BCUT2D eigenvalue weighted by Gasteiger charge is 2.19. The van der Waals surface area contributed by atoms with Gasteiger partial charge in [-0.3, -0.25) is 9.59 Å². The van der Waals surface area contributed by atoms with Gasteiger partial charge in [0.1, 0.15) is 5.75 Å². The molecule has 0 saturated heterocycles. The normalized spacial score (nSPS) is 12.8. The van der Waals surface area contributed by atoms with Crippen molar-refractivity contribution in [3.63, 3.8) is 0 Å². The Morgan fingerprint density at radius 1 is 1.07 bits per heavy atom. The molecule has 2 atom stereocenters. The van der Waals surface area contributed by atoms with E-state index in [9.17, 15) is 9.59 Å². The molecule has 2 unspecified atom stereocenters. The van der Waals surface area contributed by atoms with E-state index in [1.807, 2.05) is 45.9 Å². The number of ether oxygens (including phenoxy) is 1. The Morgan fingerprint density at radius 2 is 1.78 bits per heavy atom. The predicted octanol–water partition coefficient (Wildman–Crippen LogP) is 4.24. The van der Waals surface area contributed by atoms with Crippen molar-refractivity contribution in [1.82, 2.24) is 5.32 Å². The molecule has 0 saturated carbocycles. The first-order valence-electron chi connectivity index (χ1n) is 9.26. The molecule has 0 aromatic heterocycles. The lowest BCUT2D eigenvalue weighted by molar-refractivity contribution is -0.122. The van der Waals surface area contributed by atoms with Gasteiger partial charge in [0, 0.05) is 6.04 Å². The van der Waals surface area contributed by atoms with E-state index in [0.29, 0.717) is 17.0 Å². The zero-order valence-electron chi connectivity index (χ0n) is 16.6. The van der Waals surface area contributed by atoms with Gasteiger partial charge in [-0.15, -0.1) is 0 Å². The van der Waals surface area contributed by atoms with Gasteiger partial charge in [0.25, 0.3) is 11.8 Å². The molecular weight excluding hydrogens is 340 g/mol. The van der Waals surface area contributed by atoms with Crippen molar-refractivity contribution in [2.24, 2.45) is 0 Å². The molecule has 0 aliphatic carbocycles. The molecule has 144 valence electrons. The molecule has 0 bridgehead atoms. The third kappa shape index (κ3) is 5.58. The Bertz CT molecular complexity index is 817. The number of nitrogens with one attached hydrogen (secondary N) is 2. The van der Waals surface area contributed by atoms with Crippen LogP contribution in [-0.4, -0.2) is 24.0 Å². The Labute approximate surface area is 161 Å². The molecule has 0 spiro atoms. The summed E-state index contributed by atoms with van der Waals surface area (Å²) in [6.07, 6.45) is 0.136. The van der Waals surface area contributed by atoms with Gasteiger partial charge >= 0.3 is 0 Å².